The Hall–Kier alpha value is -0.120. The molecular formula is C7H15N3. The predicted molar refractivity (Wildman–Crippen MR) is 40.6 cm³/mol. The van der Waals surface area contributed by atoms with Crippen molar-refractivity contribution in [1.82, 2.24) is 10.2 Å². The number of rotatable bonds is 0. The minimum Gasteiger partial charge on any atom is -0.326 e. The first-order chi connectivity index (χ1) is 4.88. The number of nitrogens with one attached hydrogen (secondary N) is 1. The fourth-order valence-corrected chi connectivity index (χ4v) is 2.01. The first-order valence-corrected chi connectivity index (χ1v) is 4.08. The van der Waals surface area contributed by atoms with Gasteiger partial charge >= 0.3 is 0 Å². The molecule has 2 fully saturated rings. The summed E-state index contributed by atoms with van der Waals surface area (Å²) < 4.78 is 0. The molecule has 0 aromatic rings. The highest BCUT2D eigenvalue weighted by atomic mass is 15.3. The zero-order valence-corrected chi connectivity index (χ0v) is 6.21. The molecule has 2 atom stereocenters. The third kappa shape index (κ3) is 0.944. The Balaban J connectivity index is 2.01. The van der Waals surface area contributed by atoms with Gasteiger partial charge in [-0.2, -0.15) is 0 Å². The SMILES string of the molecule is N[C@H]1CCN2CNCC[C@@H]12. The fraction of sp³-hybridized carbons (Fsp3) is 1.00. The molecule has 0 aromatic carbocycles. The van der Waals surface area contributed by atoms with Gasteiger partial charge in [-0.3, -0.25) is 4.90 Å². The van der Waals surface area contributed by atoms with Gasteiger partial charge in [-0.05, 0) is 19.4 Å². The van der Waals surface area contributed by atoms with Gasteiger partial charge in [-0.15, -0.1) is 0 Å². The van der Waals surface area contributed by atoms with E-state index in [0.717, 1.165) is 13.2 Å². The summed E-state index contributed by atoms with van der Waals surface area (Å²) in [6, 6.07) is 1.13. The number of fused-ring (bicyclic) bond motifs is 1. The third-order valence-corrected chi connectivity index (χ3v) is 2.64. The molecule has 0 amide bonds. The molecule has 58 valence electrons. The lowest BCUT2D eigenvalue weighted by atomic mass is 10.1. The summed E-state index contributed by atoms with van der Waals surface area (Å²) >= 11 is 0. The largest absolute Gasteiger partial charge is 0.326 e. The maximum absolute atomic E-state index is 5.92. The summed E-state index contributed by atoms with van der Waals surface area (Å²) in [5, 5.41) is 3.35. The predicted octanol–water partition coefficient (Wildman–Crippen LogP) is -0.661. The van der Waals surface area contributed by atoms with Crippen molar-refractivity contribution >= 4 is 0 Å². The van der Waals surface area contributed by atoms with Gasteiger partial charge in [0.15, 0.2) is 0 Å². The van der Waals surface area contributed by atoms with Crippen LogP contribution in [0, 0.1) is 0 Å². The standard InChI is InChI=1S/C7H15N3/c8-6-2-4-10-5-9-3-1-7(6)10/h6-7,9H,1-5,8H2/t6-,7-/m0/s1. The van der Waals surface area contributed by atoms with Crippen LogP contribution >= 0.6 is 0 Å². The van der Waals surface area contributed by atoms with Crippen molar-refractivity contribution in [2.75, 3.05) is 19.8 Å². The van der Waals surface area contributed by atoms with E-state index in [2.05, 4.69) is 10.2 Å². The van der Waals surface area contributed by atoms with E-state index in [1.54, 1.807) is 0 Å². The van der Waals surface area contributed by atoms with Gasteiger partial charge in [0.2, 0.25) is 0 Å². The minimum atomic E-state index is 0.446. The molecule has 0 aliphatic carbocycles. The van der Waals surface area contributed by atoms with Gasteiger partial charge in [0.05, 0.1) is 0 Å². The monoisotopic (exact) mass is 141 g/mol. The van der Waals surface area contributed by atoms with Crippen LogP contribution in [0.2, 0.25) is 0 Å². The molecule has 3 heteroatoms. The van der Waals surface area contributed by atoms with Crippen LogP contribution in [0.15, 0.2) is 0 Å². The quantitative estimate of drug-likeness (QED) is 0.470. The zero-order valence-electron chi connectivity index (χ0n) is 6.21. The Bertz CT molecular complexity index is 124. The lowest BCUT2D eigenvalue weighted by molar-refractivity contribution is 0.179. The first-order valence-electron chi connectivity index (χ1n) is 4.08. The van der Waals surface area contributed by atoms with E-state index >= 15 is 0 Å². The average Bonchev–Trinajstić information content (AvgIpc) is 2.34. The Morgan fingerprint density at radius 3 is 3.10 bits per heavy atom. The second-order valence-electron chi connectivity index (χ2n) is 3.28. The van der Waals surface area contributed by atoms with Crippen molar-refractivity contribution < 1.29 is 0 Å². The van der Waals surface area contributed by atoms with Crippen LogP contribution in [0.25, 0.3) is 0 Å². The highest BCUT2D eigenvalue weighted by Gasteiger charge is 2.32. The van der Waals surface area contributed by atoms with Crippen LogP contribution in [0.5, 0.6) is 0 Å². The van der Waals surface area contributed by atoms with E-state index in [1.165, 1.54) is 19.4 Å². The maximum atomic E-state index is 5.92. The van der Waals surface area contributed by atoms with Crippen molar-refractivity contribution in [2.24, 2.45) is 5.73 Å². The fourth-order valence-electron chi connectivity index (χ4n) is 2.01. The summed E-state index contributed by atoms with van der Waals surface area (Å²) in [4.78, 5) is 2.45. The smallest absolute Gasteiger partial charge is 0.0483 e. The number of hydrogen-bond donors (Lipinski definition) is 2. The van der Waals surface area contributed by atoms with Crippen LogP contribution in [-0.2, 0) is 0 Å². The van der Waals surface area contributed by atoms with Crippen molar-refractivity contribution in [1.29, 1.82) is 0 Å². The van der Waals surface area contributed by atoms with E-state index in [9.17, 15) is 0 Å². The molecule has 0 bridgehead atoms. The number of nitrogens with zero attached hydrogens (tertiary/aromatic N) is 1. The van der Waals surface area contributed by atoms with Gasteiger partial charge in [0.1, 0.15) is 0 Å². The van der Waals surface area contributed by atoms with E-state index in [-0.39, 0.29) is 0 Å². The molecule has 0 unspecified atom stereocenters. The zero-order chi connectivity index (χ0) is 6.97. The molecule has 2 heterocycles. The highest BCUT2D eigenvalue weighted by molar-refractivity contribution is 4.91. The Labute approximate surface area is 61.6 Å². The van der Waals surface area contributed by atoms with Crippen LogP contribution in [-0.4, -0.2) is 36.7 Å². The molecule has 3 N–H and O–H groups in total. The topological polar surface area (TPSA) is 41.3 Å². The van der Waals surface area contributed by atoms with E-state index in [4.69, 9.17) is 5.73 Å². The lowest BCUT2D eigenvalue weighted by Crippen LogP contribution is -2.49. The van der Waals surface area contributed by atoms with Crippen molar-refractivity contribution in [3.63, 3.8) is 0 Å². The summed E-state index contributed by atoms with van der Waals surface area (Å²) in [6.45, 7) is 3.39. The van der Waals surface area contributed by atoms with Crippen molar-refractivity contribution in [3.8, 4) is 0 Å². The van der Waals surface area contributed by atoms with Gasteiger partial charge in [-0.25, -0.2) is 0 Å². The van der Waals surface area contributed by atoms with Crippen LogP contribution in [0.4, 0.5) is 0 Å². The van der Waals surface area contributed by atoms with Crippen LogP contribution < -0.4 is 11.1 Å². The highest BCUT2D eigenvalue weighted by Crippen LogP contribution is 2.19. The Morgan fingerprint density at radius 1 is 1.40 bits per heavy atom. The number of nitrogens with two attached hydrogens (primary N) is 1. The van der Waals surface area contributed by atoms with Crippen LogP contribution in [0.3, 0.4) is 0 Å². The molecule has 2 saturated heterocycles. The molecule has 2 aliphatic rings. The molecule has 10 heavy (non-hydrogen) atoms. The Kier molecular flexibility index (Phi) is 1.64. The van der Waals surface area contributed by atoms with Gasteiger partial charge in [-0.1, -0.05) is 0 Å². The van der Waals surface area contributed by atoms with Gasteiger partial charge < -0.3 is 11.1 Å². The van der Waals surface area contributed by atoms with Gasteiger partial charge in [0, 0.05) is 25.3 Å². The third-order valence-electron chi connectivity index (χ3n) is 2.64. The van der Waals surface area contributed by atoms with Crippen LogP contribution in [0.1, 0.15) is 12.8 Å². The second-order valence-corrected chi connectivity index (χ2v) is 3.28. The molecule has 0 spiro atoms. The normalized spacial score (nSPS) is 41.7. The molecule has 3 nitrogen and oxygen atoms in total. The van der Waals surface area contributed by atoms with Gasteiger partial charge in [0.25, 0.3) is 0 Å². The summed E-state index contributed by atoms with van der Waals surface area (Å²) in [6.07, 6.45) is 2.42. The van der Waals surface area contributed by atoms with E-state index in [0.29, 0.717) is 12.1 Å². The molecular weight excluding hydrogens is 126 g/mol. The first kappa shape index (κ1) is 6.58. The van der Waals surface area contributed by atoms with Crippen molar-refractivity contribution in [2.45, 2.75) is 24.9 Å². The molecule has 2 rings (SSSR count). The van der Waals surface area contributed by atoms with Crippen molar-refractivity contribution in [3.05, 3.63) is 0 Å². The lowest BCUT2D eigenvalue weighted by Gasteiger charge is -2.31. The average molecular weight is 141 g/mol. The minimum absolute atomic E-state index is 0.446. The van der Waals surface area contributed by atoms with E-state index < -0.39 is 0 Å². The molecule has 2 aliphatic heterocycles. The number of hydrogen-bond acceptors (Lipinski definition) is 3. The maximum Gasteiger partial charge on any atom is 0.0483 e. The van der Waals surface area contributed by atoms with E-state index in [1.807, 2.05) is 0 Å². The molecule has 0 aromatic heterocycles. The molecule has 0 radical (unpaired) electrons. The summed E-state index contributed by atoms with van der Waals surface area (Å²) in [5.74, 6) is 0. The Morgan fingerprint density at radius 2 is 2.30 bits per heavy atom. The summed E-state index contributed by atoms with van der Waals surface area (Å²) in [7, 11) is 0. The second kappa shape index (κ2) is 2.49. The molecule has 0 saturated carbocycles. The summed E-state index contributed by atoms with van der Waals surface area (Å²) in [5.41, 5.74) is 5.92.